The van der Waals surface area contributed by atoms with E-state index in [1.807, 2.05) is 6.92 Å². The normalized spacial score (nSPS) is 12.6. The number of hydrogen-bond acceptors (Lipinski definition) is 3. The fraction of sp³-hybridized carbons (Fsp3) is 0.500. The molecule has 0 aliphatic rings. The van der Waals surface area contributed by atoms with Gasteiger partial charge in [0.1, 0.15) is 5.75 Å². The molecule has 15 heavy (non-hydrogen) atoms. The van der Waals surface area contributed by atoms with Crippen molar-refractivity contribution in [2.24, 2.45) is 5.73 Å². The molecular formula is C12H19NOS. The van der Waals surface area contributed by atoms with Gasteiger partial charge in [0.15, 0.2) is 0 Å². The van der Waals surface area contributed by atoms with Crippen LogP contribution < -0.4 is 10.5 Å². The predicted molar refractivity (Wildman–Crippen MR) is 66.8 cm³/mol. The molecule has 0 saturated heterocycles. The lowest BCUT2D eigenvalue weighted by atomic mass is 10.0. The minimum absolute atomic E-state index is 0.0109. The van der Waals surface area contributed by atoms with Gasteiger partial charge in [-0.2, -0.15) is 0 Å². The van der Waals surface area contributed by atoms with Gasteiger partial charge >= 0.3 is 0 Å². The lowest BCUT2D eigenvalue weighted by molar-refractivity contribution is 0.406. The van der Waals surface area contributed by atoms with Crippen molar-refractivity contribution in [2.45, 2.75) is 31.2 Å². The minimum Gasteiger partial charge on any atom is -0.496 e. The second kappa shape index (κ2) is 5.42. The molecule has 1 aromatic rings. The number of ether oxygens (including phenoxy) is 1. The quantitative estimate of drug-likeness (QED) is 0.800. The Kier molecular flexibility index (Phi) is 4.48. The zero-order valence-corrected chi connectivity index (χ0v) is 10.6. The maximum Gasteiger partial charge on any atom is 0.123 e. The Balaban J connectivity index is 3.27. The Labute approximate surface area is 96.2 Å². The Morgan fingerprint density at radius 3 is 2.53 bits per heavy atom. The largest absolute Gasteiger partial charge is 0.496 e. The number of nitrogens with two attached hydrogens (primary N) is 1. The van der Waals surface area contributed by atoms with Crippen molar-refractivity contribution in [3.05, 3.63) is 23.3 Å². The predicted octanol–water partition coefficient (Wildman–Crippen LogP) is 3.00. The molecule has 1 rings (SSSR count). The molecule has 2 N–H and O–H groups in total. The second-order valence-corrected chi connectivity index (χ2v) is 4.40. The van der Waals surface area contributed by atoms with Crippen molar-refractivity contribution in [1.82, 2.24) is 0 Å². The van der Waals surface area contributed by atoms with Gasteiger partial charge < -0.3 is 10.5 Å². The molecule has 84 valence electrons. The van der Waals surface area contributed by atoms with Gasteiger partial charge in [-0.05, 0) is 37.3 Å². The first-order valence-corrected chi connectivity index (χ1v) is 6.36. The number of hydrogen-bond donors (Lipinski definition) is 1. The third-order valence-electron chi connectivity index (χ3n) is 2.50. The molecular weight excluding hydrogens is 206 g/mol. The summed E-state index contributed by atoms with van der Waals surface area (Å²) in [5.41, 5.74) is 8.32. The van der Waals surface area contributed by atoms with Crippen LogP contribution >= 0.6 is 11.8 Å². The van der Waals surface area contributed by atoms with Crippen LogP contribution in [0.1, 0.15) is 31.0 Å². The van der Waals surface area contributed by atoms with Gasteiger partial charge in [0.2, 0.25) is 0 Å². The average Bonchev–Trinajstić information content (AvgIpc) is 2.26. The van der Waals surface area contributed by atoms with Crippen molar-refractivity contribution < 1.29 is 4.74 Å². The fourth-order valence-electron chi connectivity index (χ4n) is 1.62. The van der Waals surface area contributed by atoms with E-state index in [1.54, 1.807) is 18.9 Å². The number of thioether (sulfide) groups is 1. The van der Waals surface area contributed by atoms with Crippen LogP contribution in [0, 0.1) is 0 Å². The third kappa shape index (κ3) is 2.67. The van der Waals surface area contributed by atoms with E-state index in [0.29, 0.717) is 0 Å². The molecule has 0 fully saturated rings. The van der Waals surface area contributed by atoms with E-state index in [2.05, 4.69) is 25.3 Å². The number of rotatable bonds is 4. The fourth-order valence-corrected chi connectivity index (χ4v) is 2.33. The van der Waals surface area contributed by atoms with Crippen molar-refractivity contribution in [3.63, 3.8) is 0 Å². The summed E-state index contributed by atoms with van der Waals surface area (Å²) < 4.78 is 5.36. The SMILES string of the molecule is CCc1cc(OC)c(C(C)N)cc1SC. The summed E-state index contributed by atoms with van der Waals surface area (Å²) in [7, 11) is 1.69. The standard InChI is InChI=1S/C12H19NOS/c1-5-9-6-11(14-3)10(8(2)13)7-12(9)15-4/h6-8H,5,13H2,1-4H3. The van der Waals surface area contributed by atoms with E-state index in [0.717, 1.165) is 17.7 Å². The van der Waals surface area contributed by atoms with Crippen molar-refractivity contribution in [1.29, 1.82) is 0 Å². The monoisotopic (exact) mass is 225 g/mol. The summed E-state index contributed by atoms with van der Waals surface area (Å²) in [4.78, 5) is 1.30. The zero-order valence-electron chi connectivity index (χ0n) is 9.83. The molecule has 2 nitrogen and oxygen atoms in total. The second-order valence-electron chi connectivity index (χ2n) is 3.55. The van der Waals surface area contributed by atoms with E-state index >= 15 is 0 Å². The van der Waals surface area contributed by atoms with Crippen LogP contribution in [0.2, 0.25) is 0 Å². The Morgan fingerprint density at radius 2 is 2.13 bits per heavy atom. The van der Waals surface area contributed by atoms with E-state index in [1.165, 1.54) is 10.5 Å². The third-order valence-corrected chi connectivity index (χ3v) is 3.32. The van der Waals surface area contributed by atoms with Gasteiger partial charge in [0, 0.05) is 16.5 Å². The molecule has 0 radical (unpaired) electrons. The van der Waals surface area contributed by atoms with Crippen LogP contribution in [0.3, 0.4) is 0 Å². The van der Waals surface area contributed by atoms with Crippen LogP contribution in [0.4, 0.5) is 0 Å². The highest BCUT2D eigenvalue weighted by molar-refractivity contribution is 7.98. The first-order chi connectivity index (χ1) is 7.13. The smallest absolute Gasteiger partial charge is 0.123 e. The maximum absolute atomic E-state index is 5.92. The zero-order chi connectivity index (χ0) is 11.4. The first-order valence-electron chi connectivity index (χ1n) is 5.14. The molecule has 0 bridgehead atoms. The molecule has 0 aromatic heterocycles. The Hall–Kier alpha value is -0.670. The van der Waals surface area contributed by atoms with Gasteiger partial charge in [-0.1, -0.05) is 6.92 Å². The van der Waals surface area contributed by atoms with Crippen LogP contribution in [0.15, 0.2) is 17.0 Å². The lowest BCUT2D eigenvalue weighted by Crippen LogP contribution is -2.08. The molecule has 3 heteroatoms. The average molecular weight is 225 g/mol. The highest BCUT2D eigenvalue weighted by Crippen LogP contribution is 2.32. The van der Waals surface area contributed by atoms with Crippen LogP contribution in [-0.2, 0) is 6.42 Å². The molecule has 1 unspecified atom stereocenters. The first kappa shape index (κ1) is 12.4. The summed E-state index contributed by atoms with van der Waals surface area (Å²) in [6.45, 7) is 4.13. The van der Waals surface area contributed by atoms with E-state index < -0.39 is 0 Å². The molecule has 0 aliphatic carbocycles. The van der Waals surface area contributed by atoms with E-state index in [4.69, 9.17) is 10.5 Å². The van der Waals surface area contributed by atoms with Gasteiger partial charge in [0.25, 0.3) is 0 Å². The van der Waals surface area contributed by atoms with E-state index in [-0.39, 0.29) is 6.04 Å². The van der Waals surface area contributed by atoms with Crippen LogP contribution in [0.5, 0.6) is 5.75 Å². The Morgan fingerprint density at radius 1 is 1.47 bits per heavy atom. The van der Waals surface area contributed by atoms with Gasteiger partial charge in [-0.25, -0.2) is 0 Å². The van der Waals surface area contributed by atoms with Crippen molar-refractivity contribution in [3.8, 4) is 5.75 Å². The summed E-state index contributed by atoms with van der Waals surface area (Å²) in [6.07, 6.45) is 3.11. The van der Waals surface area contributed by atoms with Crippen LogP contribution in [0.25, 0.3) is 0 Å². The molecule has 0 spiro atoms. The topological polar surface area (TPSA) is 35.2 Å². The number of methoxy groups -OCH3 is 1. The molecule has 0 aliphatic heterocycles. The minimum atomic E-state index is 0.0109. The van der Waals surface area contributed by atoms with Gasteiger partial charge in [0.05, 0.1) is 7.11 Å². The summed E-state index contributed by atoms with van der Waals surface area (Å²) in [5, 5.41) is 0. The van der Waals surface area contributed by atoms with E-state index in [9.17, 15) is 0 Å². The molecule has 0 amide bonds. The van der Waals surface area contributed by atoms with Gasteiger partial charge in [-0.3, -0.25) is 0 Å². The van der Waals surface area contributed by atoms with Crippen molar-refractivity contribution in [2.75, 3.05) is 13.4 Å². The Bertz CT molecular complexity index is 337. The molecule has 1 aromatic carbocycles. The number of aryl methyl sites for hydroxylation is 1. The summed E-state index contributed by atoms with van der Waals surface area (Å²) in [6, 6.07) is 4.26. The highest BCUT2D eigenvalue weighted by atomic mass is 32.2. The van der Waals surface area contributed by atoms with Crippen LogP contribution in [-0.4, -0.2) is 13.4 Å². The lowest BCUT2D eigenvalue weighted by Gasteiger charge is -2.15. The highest BCUT2D eigenvalue weighted by Gasteiger charge is 2.11. The molecule has 0 heterocycles. The van der Waals surface area contributed by atoms with Gasteiger partial charge in [-0.15, -0.1) is 11.8 Å². The molecule has 0 saturated carbocycles. The summed E-state index contributed by atoms with van der Waals surface area (Å²) in [5.74, 6) is 0.902. The number of benzene rings is 1. The summed E-state index contributed by atoms with van der Waals surface area (Å²) >= 11 is 1.76. The van der Waals surface area contributed by atoms with Crippen molar-refractivity contribution >= 4 is 11.8 Å². The molecule has 1 atom stereocenters. The maximum atomic E-state index is 5.92.